The normalized spacial score (nSPS) is 10.9. The Kier molecular flexibility index (Phi) is 4.87. The highest BCUT2D eigenvalue weighted by atomic mass is 16.5. The number of aromatic nitrogens is 6. The van der Waals surface area contributed by atoms with Crippen LogP contribution in [0, 0.1) is 6.92 Å². The van der Waals surface area contributed by atoms with Crippen LogP contribution in [0.2, 0.25) is 0 Å². The van der Waals surface area contributed by atoms with Crippen LogP contribution in [0.5, 0.6) is 11.6 Å². The number of nitrogens with one attached hydrogen (secondary N) is 1. The van der Waals surface area contributed by atoms with Crippen molar-refractivity contribution >= 4 is 39.6 Å². The number of hydrogen-bond donors (Lipinski definition) is 2. The van der Waals surface area contributed by atoms with Crippen LogP contribution in [0.15, 0.2) is 68.0 Å². The first kappa shape index (κ1) is 20.1. The molecule has 0 unspecified atom stereocenters. The van der Waals surface area contributed by atoms with E-state index in [2.05, 4.69) is 37.0 Å². The minimum atomic E-state index is -1.08. The third-order valence-corrected chi connectivity index (χ3v) is 5.06. The van der Waals surface area contributed by atoms with Crippen LogP contribution in [0.3, 0.4) is 0 Å². The molecular weight excluding hydrogens is 422 g/mol. The number of aryl methyl sites for hydroxylation is 1. The maximum absolute atomic E-state index is 11.3. The van der Waals surface area contributed by atoms with E-state index in [4.69, 9.17) is 4.74 Å². The number of hydrogen-bond acceptors (Lipinski definition) is 8. The van der Waals surface area contributed by atoms with E-state index >= 15 is 0 Å². The molecule has 0 saturated carbocycles. The Bertz CT molecular complexity index is 1540. The van der Waals surface area contributed by atoms with Crippen molar-refractivity contribution < 1.29 is 14.6 Å². The van der Waals surface area contributed by atoms with Crippen LogP contribution in [-0.4, -0.2) is 40.6 Å². The molecule has 0 aliphatic rings. The highest BCUT2D eigenvalue weighted by Gasteiger charge is 2.12. The van der Waals surface area contributed by atoms with Gasteiger partial charge in [0, 0.05) is 17.1 Å². The monoisotopic (exact) mass is 439 g/mol. The molecule has 0 fully saturated rings. The van der Waals surface area contributed by atoms with Crippen molar-refractivity contribution in [3.63, 3.8) is 0 Å². The van der Waals surface area contributed by atoms with E-state index in [0.717, 1.165) is 11.3 Å². The smallest absolute Gasteiger partial charge is 0.335 e. The Morgan fingerprint density at radius 1 is 1.09 bits per heavy atom. The van der Waals surface area contributed by atoms with Crippen LogP contribution in [0.4, 0.5) is 11.5 Å². The van der Waals surface area contributed by atoms with Crippen LogP contribution >= 0.6 is 0 Å². The van der Waals surface area contributed by atoms with Gasteiger partial charge in [-0.25, -0.2) is 19.7 Å². The molecule has 162 valence electrons. The van der Waals surface area contributed by atoms with Gasteiger partial charge in [-0.3, -0.25) is 4.40 Å². The Hall–Kier alpha value is -4.86. The fourth-order valence-corrected chi connectivity index (χ4v) is 3.32. The summed E-state index contributed by atoms with van der Waals surface area (Å²) in [6.45, 7) is 5.55. The van der Waals surface area contributed by atoms with Gasteiger partial charge in [-0.2, -0.15) is 0 Å². The molecule has 0 saturated heterocycles. The molecule has 2 N–H and O–H groups in total. The summed E-state index contributed by atoms with van der Waals surface area (Å²) in [6, 6.07) is 12.4. The molecule has 0 aliphatic heterocycles. The van der Waals surface area contributed by atoms with Gasteiger partial charge in [-0.1, -0.05) is 12.6 Å². The van der Waals surface area contributed by atoms with Crippen molar-refractivity contribution in [1.29, 1.82) is 0 Å². The molecule has 2 aromatic carbocycles. The van der Waals surface area contributed by atoms with Crippen molar-refractivity contribution in [2.24, 2.45) is 0 Å². The first-order valence-corrected chi connectivity index (χ1v) is 9.86. The lowest BCUT2D eigenvalue weighted by Crippen LogP contribution is -2.00. The van der Waals surface area contributed by atoms with E-state index < -0.39 is 5.97 Å². The number of ether oxygens (including phenoxy) is 1. The number of carboxylic acids is 1. The minimum absolute atomic E-state index is 0.00183. The average Bonchev–Trinajstić information content (AvgIpc) is 3.28. The number of nitrogens with zero attached hydrogens (tertiary/aromatic N) is 6. The van der Waals surface area contributed by atoms with Gasteiger partial charge in [-0.05, 0) is 48.4 Å². The Labute approximate surface area is 187 Å². The fraction of sp³-hybridized carbons (Fsp3) is 0.0435. The maximum atomic E-state index is 11.3. The van der Waals surface area contributed by atoms with Crippen molar-refractivity contribution in [3.8, 4) is 11.6 Å². The van der Waals surface area contributed by atoms with Gasteiger partial charge >= 0.3 is 5.97 Å². The Balaban J connectivity index is 1.42. The second-order valence-electron chi connectivity index (χ2n) is 7.27. The molecule has 33 heavy (non-hydrogen) atoms. The summed E-state index contributed by atoms with van der Waals surface area (Å²) in [4.78, 5) is 24.1. The lowest BCUT2D eigenvalue weighted by Gasteiger charge is -2.12. The molecule has 10 heteroatoms. The van der Waals surface area contributed by atoms with Crippen LogP contribution < -0.4 is 10.1 Å². The first-order chi connectivity index (χ1) is 16.0. The number of carbonyl (C=O) groups is 1. The summed E-state index contributed by atoms with van der Waals surface area (Å²) in [5.41, 5.74) is 3.47. The van der Waals surface area contributed by atoms with Crippen LogP contribution in [0.1, 0.15) is 11.1 Å². The van der Waals surface area contributed by atoms with E-state index in [1.807, 2.05) is 25.1 Å². The molecule has 0 spiro atoms. The summed E-state index contributed by atoms with van der Waals surface area (Å²) in [6.07, 6.45) is 4.60. The second kappa shape index (κ2) is 8.00. The molecule has 3 heterocycles. The van der Waals surface area contributed by atoms with Gasteiger partial charge in [0.1, 0.15) is 30.5 Å². The molecule has 0 aliphatic carbocycles. The summed E-state index contributed by atoms with van der Waals surface area (Å²) >= 11 is 0. The Morgan fingerprint density at radius 3 is 2.79 bits per heavy atom. The summed E-state index contributed by atoms with van der Waals surface area (Å²) in [5, 5.41) is 21.0. The van der Waals surface area contributed by atoms with E-state index in [0.29, 0.717) is 39.6 Å². The second-order valence-corrected chi connectivity index (χ2v) is 7.27. The van der Waals surface area contributed by atoms with Gasteiger partial charge in [0.15, 0.2) is 5.65 Å². The first-order valence-electron chi connectivity index (χ1n) is 9.86. The molecule has 0 bridgehead atoms. The van der Waals surface area contributed by atoms with Crippen LogP contribution in [0.25, 0.3) is 22.1 Å². The molecular formula is C23H17N7O3. The highest BCUT2D eigenvalue weighted by Crippen LogP contribution is 2.30. The van der Waals surface area contributed by atoms with Gasteiger partial charge in [0.25, 0.3) is 0 Å². The SMILES string of the molecule is C=C(C(=O)O)c1ccc2ncnc(Nc3ccc(Oc4cc5nncn5cn4)c(C)c3)c2c1. The van der Waals surface area contributed by atoms with E-state index in [-0.39, 0.29) is 5.57 Å². The standard InChI is InChI=1S/C23H17N7O3/c1-13-7-16(4-6-19(13)33-21-9-20-29-27-12-30(20)11-26-21)28-22-17-8-15(14(2)23(31)32)3-5-18(17)24-10-25-22/h3-12H,2H2,1H3,(H,31,32)(H,24,25,28). The van der Waals surface area contributed by atoms with Gasteiger partial charge in [0.2, 0.25) is 5.88 Å². The predicted molar refractivity (Wildman–Crippen MR) is 122 cm³/mol. The molecule has 5 aromatic rings. The number of carboxylic acid groups (broad SMARTS) is 1. The molecule has 3 aromatic heterocycles. The van der Waals surface area contributed by atoms with Crippen molar-refractivity contribution in [2.75, 3.05) is 5.32 Å². The molecule has 0 atom stereocenters. The van der Waals surface area contributed by atoms with E-state index in [9.17, 15) is 9.90 Å². The fourth-order valence-electron chi connectivity index (χ4n) is 3.32. The van der Waals surface area contributed by atoms with E-state index in [1.54, 1.807) is 41.3 Å². The molecule has 0 amide bonds. The Morgan fingerprint density at radius 2 is 1.97 bits per heavy atom. The van der Waals surface area contributed by atoms with Gasteiger partial charge < -0.3 is 15.2 Å². The van der Waals surface area contributed by atoms with Gasteiger partial charge in [0.05, 0.1) is 11.1 Å². The number of rotatable bonds is 6. The molecule has 0 radical (unpaired) electrons. The zero-order valence-corrected chi connectivity index (χ0v) is 17.4. The zero-order chi connectivity index (χ0) is 22.9. The highest BCUT2D eigenvalue weighted by molar-refractivity contribution is 6.15. The summed E-state index contributed by atoms with van der Waals surface area (Å²) < 4.78 is 7.61. The number of anilines is 2. The minimum Gasteiger partial charge on any atom is -0.478 e. The summed E-state index contributed by atoms with van der Waals surface area (Å²) in [7, 11) is 0. The van der Waals surface area contributed by atoms with Crippen molar-refractivity contribution in [2.45, 2.75) is 6.92 Å². The third kappa shape index (κ3) is 3.92. The number of aliphatic carboxylic acids is 1. The van der Waals surface area contributed by atoms with Crippen LogP contribution in [-0.2, 0) is 4.79 Å². The topological polar surface area (TPSA) is 127 Å². The average molecular weight is 439 g/mol. The molecule has 5 rings (SSSR count). The van der Waals surface area contributed by atoms with E-state index in [1.165, 1.54) is 6.33 Å². The van der Waals surface area contributed by atoms with Gasteiger partial charge in [-0.15, -0.1) is 10.2 Å². The summed E-state index contributed by atoms with van der Waals surface area (Å²) in [5.74, 6) is 0.522. The zero-order valence-electron chi connectivity index (χ0n) is 17.4. The lowest BCUT2D eigenvalue weighted by atomic mass is 10.0. The van der Waals surface area contributed by atoms with Crippen molar-refractivity contribution in [1.82, 2.24) is 29.5 Å². The third-order valence-electron chi connectivity index (χ3n) is 5.06. The lowest BCUT2D eigenvalue weighted by molar-refractivity contribution is -0.130. The molecule has 10 nitrogen and oxygen atoms in total. The quantitative estimate of drug-likeness (QED) is 0.377. The largest absolute Gasteiger partial charge is 0.478 e. The van der Waals surface area contributed by atoms with Crippen molar-refractivity contribution in [3.05, 3.63) is 79.2 Å². The number of benzene rings is 2. The number of fused-ring (bicyclic) bond motifs is 2. The maximum Gasteiger partial charge on any atom is 0.335 e. The predicted octanol–water partition coefficient (Wildman–Crippen LogP) is 4.01.